The van der Waals surface area contributed by atoms with Gasteiger partial charge in [-0.2, -0.15) is 0 Å². The summed E-state index contributed by atoms with van der Waals surface area (Å²) in [6.45, 7) is 27.8. The minimum absolute atomic E-state index is 0.0187. The highest BCUT2D eigenvalue weighted by atomic mass is 14.7. The number of hydrogen-bond acceptors (Lipinski definition) is 2. The molecule has 0 saturated heterocycles. The average Bonchev–Trinajstić information content (AvgIpc) is 3.29. The molecule has 0 fully saturated rings. The molecule has 0 saturated carbocycles. The first kappa shape index (κ1) is 43.3. The van der Waals surface area contributed by atoms with Crippen LogP contribution >= 0.6 is 0 Å². The summed E-state index contributed by atoms with van der Waals surface area (Å²) in [5, 5.41) is 9.45. The zero-order chi connectivity index (χ0) is 46.5. The Bertz CT molecular complexity index is 3280. The van der Waals surface area contributed by atoms with Crippen LogP contribution in [-0.2, 0) is 21.7 Å². The van der Waals surface area contributed by atoms with Gasteiger partial charge in [0.15, 0.2) is 0 Å². The molecule has 0 N–H and O–H groups in total. The second-order valence-electron chi connectivity index (χ2n) is 22.8. The van der Waals surface area contributed by atoms with Crippen LogP contribution in [-0.4, -0.2) is 9.97 Å². The Morgan fingerprint density at radius 3 is 0.939 bits per heavy atom. The summed E-state index contributed by atoms with van der Waals surface area (Å²) in [4.78, 5) is 11.4. The summed E-state index contributed by atoms with van der Waals surface area (Å²) >= 11 is 0. The molecule has 8 aromatic carbocycles. The van der Waals surface area contributed by atoms with Crippen molar-refractivity contribution in [3.63, 3.8) is 0 Å². The highest BCUT2D eigenvalue weighted by Gasteiger charge is 2.25. The van der Waals surface area contributed by atoms with E-state index < -0.39 is 0 Å². The van der Waals surface area contributed by atoms with Crippen molar-refractivity contribution in [1.82, 2.24) is 9.97 Å². The Kier molecular flexibility index (Phi) is 10.1. The zero-order valence-electron chi connectivity index (χ0n) is 40.9. The van der Waals surface area contributed by atoms with E-state index in [2.05, 4.69) is 241 Å². The average molecular weight is 859 g/mol. The molecular weight excluding hydrogens is 797 g/mol. The maximum Gasteiger partial charge on any atom is 0.0795 e. The molecule has 0 aliphatic heterocycles. The highest BCUT2D eigenvalue weighted by Crippen LogP contribution is 2.47. The lowest BCUT2D eigenvalue weighted by molar-refractivity contribution is 0.589. The predicted octanol–water partition coefficient (Wildman–Crippen LogP) is 18.1. The quantitative estimate of drug-likeness (QED) is 0.165. The number of aromatic nitrogens is 2. The van der Waals surface area contributed by atoms with E-state index >= 15 is 0 Å². The van der Waals surface area contributed by atoms with E-state index in [1.165, 1.54) is 66.1 Å². The van der Waals surface area contributed by atoms with Gasteiger partial charge in [-0.1, -0.05) is 192 Å². The van der Waals surface area contributed by atoms with Gasteiger partial charge < -0.3 is 0 Å². The summed E-state index contributed by atoms with van der Waals surface area (Å²) in [5.41, 5.74) is 16.0. The van der Waals surface area contributed by atoms with E-state index in [4.69, 9.17) is 9.97 Å². The smallest absolute Gasteiger partial charge is 0.0795 e. The molecule has 66 heavy (non-hydrogen) atoms. The SMILES string of the molecule is CC(C)(C)c1ccc2c(-c3cc4c(cc(-c5cc(C(C)(C)C)cc6cc(C(C)(C)C)ccc56)c5ccc(-c6ccccc6)nc54)c4nc(-c5ccccc5)ccc34)cc(C(C)(C)C)cc2c1. The lowest BCUT2D eigenvalue weighted by Gasteiger charge is -2.25. The Morgan fingerprint density at radius 2 is 0.591 bits per heavy atom. The van der Waals surface area contributed by atoms with Crippen molar-refractivity contribution in [3.8, 4) is 44.8 Å². The second-order valence-corrected chi connectivity index (χ2v) is 22.8. The number of pyridine rings is 2. The number of nitrogens with zero attached hydrogens (tertiary/aromatic N) is 2. The van der Waals surface area contributed by atoms with Crippen molar-refractivity contribution in [2.24, 2.45) is 0 Å². The maximum absolute atomic E-state index is 5.71. The Morgan fingerprint density at radius 1 is 0.273 bits per heavy atom. The molecule has 2 heterocycles. The van der Waals surface area contributed by atoms with Gasteiger partial charge in [0.1, 0.15) is 0 Å². The van der Waals surface area contributed by atoms with Crippen LogP contribution in [0.15, 0.2) is 158 Å². The summed E-state index contributed by atoms with van der Waals surface area (Å²) in [5.74, 6) is 0. The van der Waals surface area contributed by atoms with Crippen molar-refractivity contribution in [2.75, 3.05) is 0 Å². The Hall–Kier alpha value is -6.64. The minimum Gasteiger partial charge on any atom is -0.247 e. The van der Waals surface area contributed by atoms with Gasteiger partial charge in [0.05, 0.1) is 22.4 Å². The van der Waals surface area contributed by atoms with Crippen LogP contribution in [0.1, 0.15) is 105 Å². The molecule has 0 radical (unpaired) electrons. The standard InChI is InChI=1S/C64H62N2/c1-61(2,3)43-23-25-47-41(31-43)33-45(63(7,8)9)35-51(47)53-37-55-56(59-49(53)27-29-57(65-59)39-19-15-13-16-20-39)38-54(50-28-30-58(66-60(50)55)40-21-17-14-18-22-40)52-36-46(64(10,11)12)34-42-32-44(62(4,5)6)24-26-48(42)52/h13-38H,1-12H3. The lowest BCUT2D eigenvalue weighted by atomic mass is 9.79. The molecule has 2 nitrogen and oxygen atoms in total. The predicted molar refractivity (Wildman–Crippen MR) is 286 cm³/mol. The first-order valence-corrected chi connectivity index (χ1v) is 23.7. The highest BCUT2D eigenvalue weighted by molar-refractivity contribution is 6.24. The fraction of sp³-hybridized carbons (Fsp3) is 0.250. The van der Waals surface area contributed by atoms with Crippen molar-refractivity contribution >= 4 is 54.1 Å². The van der Waals surface area contributed by atoms with Crippen molar-refractivity contribution in [3.05, 3.63) is 180 Å². The molecule has 10 aromatic rings. The monoisotopic (exact) mass is 858 g/mol. The van der Waals surface area contributed by atoms with E-state index in [-0.39, 0.29) is 21.7 Å². The number of fused-ring (bicyclic) bond motifs is 7. The Balaban J connectivity index is 1.39. The molecule has 0 aliphatic rings. The first-order chi connectivity index (χ1) is 31.2. The molecule has 10 rings (SSSR count). The molecule has 2 heteroatoms. The van der Waals surface area contributed by atoms with Crippen LogP contribution in [0.3, 0.4) is 0 Å². The van der Waals surface area contributed by atoms with Gasteiger partial charge in [-0.15, -0.1) is 0 Å². The molecule has 0 atom stereocenters. The van der Waals surface area contributed by atoms with Crippen molar-refractivity contribution in [1.29, 1.82) is 0 Å². The van der Waals surface area contributed by atoms with Crippen molar-refractivity contribution in [2.45, 2.75) is 105 Å². The molecule has 0 bridgehead atoms. The Labute approximate surface area is 391 Å². The van der Waals surface area contributed by atoms with Gasteiger partial charge in [0, 0.05) is 32.7 Å². The van der Waals surface area contributed by atoms with Gasteiger partial charge in [-0.3, -0.25) is 0 Å². The molecule has 0 aliphatic carbocycles. The third kappa shape index (κ3) is 7.75. The van der Waals surface area contributed by atoms with Crippen LogP contribution < -0.4 is 0 Å². The van der Waals surface area contributed by atoms with Crippen LogP contribution in [0.5, 0.6) is 0 Å². The molecular formula is C64H62N2. The summed E-state index contributed by atoms with van der Waals surface area (Å²) in [6.07, 6.45) is 0. The van der Waals surface area contributed by atoms with Crippen LogP contribution in [0.4, 0.5) is 0 Å². The van der Waals surface area contributed by atoms with Crippen LogP contribution in [0.2, 0.25) is 0 Å². The summed E-state index contributed by atoms with van der Waals surface area (Å²) in [6, 6.07) is 59.1. The number of benzene rings is 8. The van der Waals surface area contributed by atoms with Gasteiger partial charge in [0.2, 0.25) is 0 Å². The number of rotatable bonds is 4. The van der Waals surface area contributed by atoms with E-state index in [0.717, 1.165) is 55.1 Å². The first-order valence-electron chi connectivity index (χ1n) is 23.7. The third-order valence-corrected chi connectivity index (χ3v) is 13.8. The molecule has 2 aromatic heterocycles. The fourth-order valence-electron chi connectivity index (χ4n) is 9.72. The number of hydrogen-bond donors (Lipinski definition) is 0. The van der Waals surface area contributed by atoms with Gasteiger partial charge >= 0.3 is 0 Å². The minimum atomic E-state index is -0.0716. The van der Waals surface area contributed by atoms with Gasteiger partial charge in [-0.25, -0.2) is 9.97 Å². The second kappa shape index (κ2) is 15.5. The van der Waals surface area contributed by atoms with E-state index in [0.29, 0.717) is 0 Å². The molecule has 0 unspecified atom stereocenters. The van der Waals surface area contributed by atoms with Crippen LogP contribution in [0.25, 0.3) is 98.9 Å². The normalized spacial score (nSPS) is 12.8. The fourth-order valence-corrected chi connectivity index (χ4v) is 9.72. The van der Waals surface area contributed by atoms with E-state index in [9.17, 15) is 0 Å². The molecule has 0 amide bonds. The van der Waals surface area contributed by atoms with Crippen molar-refractivity contribution < 1.29 is 0 Å². The maximum atomic E-state index is 5.71. The topological polar surface area (TPSA) is 25.8 Å². The molecule has 328 valence electrons. The third-order valence-electron chi connectivity index (χ3n) is 13.8. The van der Waals surface area contributed by atoms with Gasteiger partial charge in [-0.05, 0) is 136 Å². The molecule has 0 spiro atoms. The summed E-state index contributed by atoms with van der Waals surface area (Å²) in [7, 11) is 0. The zero-order valence-corrected chi connectivity index (χ0v) is 40.9. The van der Waals surface area contributed by atoms with Gasteiger partial charge in [0.25, 0.3) is 0 Å². The van der Waals surface area contributed by atoms with E-state index in [1.54, 1.807) is 0 Å². The summed E-state index contributed by atoms with van der Waals surface area (Å²) < 4.78 is 0. The van der Waals surface area contributed by atoms with Crippen LogP contribution in [0, 0.1) is 0 Å². The lowest BCUT2D eigenvalue weighted by Crippen LogP contribution is -2.12. The van der Waals surface area contributed by atoms with E-state index in [1.807, 2.05) is 0 Å². The largest absolute Gasteiger partial charge is 0.247 e.